The highest BCUT2D eigenvalue weighted by atomic mass is 16.5. The second kappa shape index (κ2) is 7.01. The molecule has 0 radical (unpaired) electrons. The Morgan fingerprint density at radius 1 is 1.26 bits per heavy atom. The first-order valence-corrected chi connectivity index (χ1v) is 8.78. The van der Waals surface area contributed by atoms with Gasteiger partial charge in [-0.25, -0.2) is 0 Å². The van der Waals surface area contributed by atoms with Crippen LogP contribution >= 0.6 is 0 Å². The minimum Gasteiger partial charge on any atom is -0.378 e. The summed E-state index contributed by atoms with van der Waals surface area (Å²) in [7, 11) is 0. The largest absolute Gasteiger partial charge is 0.378 e. The van der Waals surface area contributed by atoms with Crippen LogP contribution in [-0.2, 0) is 11.3 Å². The summed E-state index contributed by atoms with van der Waals surface area (Å²) in [5, 5.41) is 7.65. The Balaban J connectivity index is 1.70. The fourth-order valence-electron chi connectivity index (χ4n) is 3.86. The Kier molecular flexibility index (Phi) is 5.02. The maximum Gasteiger partial charge on any atom is 0.255 e. The average molecular weight is 320 g/mol. The third kappa shape index (κ3) is 3.28. The van der Waals surface area contributed by atoms with Crippen molar-refractivity contribution in [3.63, 3.8) is 0 Å². The van der Waals surface area contributed by atoms with Gasteiger partial charge in [0.25, 0.3) is 5.91 Å². The maximum absolute atomic E-state index is 12.8. The molecule has 1 aromatic heterocycles. The number of rotatable bonds is 4. The van der Waals surface area contributed by atoms with Crippen LogP contribution < -0.4 is 5.32 Å². The number of nitrogens with one attached hydrogen (secondary N) is 1. The van der Waals surface area contributed by atoms with Crippen LogP contribution in [0.1, 0.15) is 47.9 Å². The van der Waals surface area contributed by atoms with E-state index in [-0.39, 0.29) is 11.9 Å². The van der Waals surface area contributed by atoms with Crippen LogP contribution in [0.4, 0.5) is 0 Å². The highest BCUT2D eigenvalue weighted by Gasteiger charge is 2.35. The van der Waals surface area contributed by atoms with Crippen LogP contribution in [0.25, 0.3) is 0 Å². The quantitative estimate of drug-likeness (QED) is 0.913. The van der Waals surface area contributed by atoms with E-state index in [0.717, 1.165) is 43.2 Å². The standard InChI is InChI=1S/C17H28N4O2/c1-4-21-13(3)16(12(2)19-21)17(22)18-14-10-23-11-15(14)20-8-6-5-7-9-20/h14-15H,4-11H2,1-3H3,(H,18,22)/t14-,15-/m0/s1. The van der Waals surface area contributed by atoms with E-state index >= 15 is 0 Å². The zero-order valence-electron chi connectivity index (χ0n) is 14.5. The van der Waals surface area contributed by atoms with Crippen LogP contribution in [0.15, 0.2) is 0 Å². The topological polar surface area (TPSA) is 59.4 Å². The maximum atomic E-state index is 12.8. The van der Waals surface area contributed by atoms with Crippen molar-refractivity contribution in [3.05, 3.63) is 17.0 Å². The van der Waals surface area contributed by atoms with Gasteiger partial charge in [-0.05, 0) is 46.7 Å². The highest BCUT2D eigenvalue weighted by Crippen LogP contribution is 2.20. The summed E-state index contributed by atoms with van der Waals surface area (Å²) in [5.74, 6) is -0.0165. The van der Waals surface area contributed by atoms with Gasteiger partial charge in [0, 0.05) is 12.2 Å². The zero-order chi connectivity index (χ0) is 16.4. The van der Waals surface area contributed by atoms with Crippen molar-refractivity contribution >= 4 is 5.91 Å². The Labute approximate surface area is 138 Å². The van der Waals surface area contributed by atoms with Gasteiger partial charge in [-0.1, -0.05) is 6.42 Å². The summed E-state index contributed by atoms with van der Waals surface area (Å²) in [4.78, 5) is 15.2. The summed E-state index contributed by atoms with van der Waals surface area (Å²) in [6, 6.07) is 0.380. The number of aryl methyl sites for hydroxylation is 2. The second-order valence-electron chi connectivity index (χ2n) is 6.64. The van der Waals surface area contributed by atoms with E-state index in [9.17, 15) is 4.79 Å². The number of aromatic nitrogens is 2. The molecule has 0 aliphatic carbocycles. The molecule has 3 rings (SSSR count). The lowest BCUT2D eigenvalue weighted by Gasteiger charge is -2.34. The summed E-state index contributed by atoms with van der Waals surface area (Å²) >= 11 is 0. The Bertz CT molecular complexity index is 563. The second-order valence-corrected chi connectivity index (χ2v) is 6.64. The van der Waals surface area contributed by atoms with E-state index in [0.29, 0.717) is 12.6 Å². The van der Waals surface area contributed by atoms with Crippen molar-refractivity contribution in [2.75, 3.05) is 26.3 Å². The fourth-order valence-corrected chi connectivity index (χ4v) is 3.86. The molecule has 128 valence electrons. The molecule has 0 spiro atoms. The van der Waals surface area contributed by atoms with Crippen LogP contribution in [0.2, 0.25) is 0 Å². The van der Waals surface area contributed by atoms with E-state index in [1.54, 1.807) is 0 Å². The van der Waals surface area contributed by atoms with Crippen molar-refractivity contribution in [2.45, 2.75) is 58.7 Å². The highest BCUT2D eigenvalue weighted by molar-refractivity contribution is 5.96. The van der Waals surface area contributed by atoms with Crippen molar-refractivity contribution in [1.29, 1.82) is 0 Å². The number of piperidine rings is 1. The first kappa shape index (κ1) is 16.5. The molecule has 2 aliphatic rings. The van der Waals surface area contributed by atoms with Crippen molar-refractivity contribution in [1.82, 2.24) is 20.0 Å². The molecule has 2 atom stereocenters. The van der Waals surface area contributed by atoms with Crippen LogP contribution in [0.5, 0.6) is 0 Å². The number of carbonyl (C=O) groups is 1. The molecule has 2 aliphatic heterocycles. The van der Waals surface area contributed by atoms with E-state index in [1.807, 2.05) is 25.5 Å². The molecule has 6 nitrogen and oxygen atoms in total. The molecule has 1 N–H and O–H groups in total. The predicted molar refractivity (Wildman–Crippen MR) is 88.7 cm³/mol. The van der Waals surface area contributed by atoms with Gasteiger partial charge < -0.3 is 10.1 Å². The van der Waals surface area contributed by atoms with Gasteiger partial charge in [0.2, 0.25) is 0 Å². The molecule has 23 heavy (non-hydrogen) atoms. The molecule has 0 saturated carbocycles. The molecule has 1 aromatic rings. The van der Waals surface area contributed by atoms with Gasteiger partial charge in [0.1, 0.15) is 0 Å². The molecule has 2 fully saturated rings. The van der Waals surface area contributed by atoms with E-state index in [2.05, 4.69) is 15.3 Å². The van der Waals surface area contributed by atoms with E-state index in [4.69, 9.17) is 4.74 Å². The number of hydrogen-bond donors (Lipinski definition) is 1. The number of ether oxygens (including phenoxy) is 1. The molecule has 2 saturated heterocycles. The third-order valence-corrected chi connectivity index (χ3v) is 5.13. The number of nitrogens with zero attached hydrogens (tertiary/aromatic N) is 3. The van der Waals surface area contributed by atoms with Crippen LogP contribution in [-0.4, -0.2) is 59.0 Å². The Morgan fingerprint density at radius 2 is 2.00 bits per heavy atom. The van der Waals surface area contributed by atoms with Gasteiger partial charge in [-0.2, -0.15) is 5.10 Å². The summed E-state index contributed by atoms with van der Waals surface area (Å²) in [5.41, 5.74) is 2.46. The number of carbonyl (C=O) groups excluding carboxylic acids is 1. The van der Waals surface area contributed by atoms with Gasteiger partial charge in [-0.15, -0.1) is 0 Å². The SMILES string of the molecule is CCn1nc(C)c(C(=O)N[C@H]2COC[C@@H]2N2CCCCC2)c1C. The van der Waals surface area contributed by atoms with Gasteiger partial charge in [-0.3, -0.25) is 14.4 Å². The summed E-state index contributed by atoms with van der Waals surface area (Å²) in [6.07, 6.45) is 3.81. The lowest BCUT2D eigenvalue weighted by molar-refractivity contribution is 0.0898. The molecule has 1 amide bonds. The van der Waals surface area contributed by atoms with Crippen molar-refractivity contribution in [3.8, 4) is 0 Å². The smallest absolute Gasteiger partial charge is 0.255 e. The minimum absolute atomic E-state index is 0.0165. The number of amides is 1. The predicted octanol–water partition coefficient (Wildman–Crippen LogP) is 1.50. The van der Waals surface area contributed by atoms with Crippen LogP contribution in [0, 0.1) is 13.8 Å². The van der Waals surface area contributed by atoms with Gasteiger partial charge in [0.15, 0.2) is 0 Å². The Hall–Kier alpha value is -1.40. The van der Waals surface area contributed by atoms with E-state index in [1.165, 1.54) is 19.3 Å². The lowest BCUT2D eigenvalue weighted by Crippen LogP contribution is -2.52. The molecule has 0 aromatic carbocycles. The molecule has 0 bridgehead atoms. The normalized spacial score (nSPS) is 25.7. The fraction of sp³-hybridized carbons (Fsp3) is 0.765. The first-order chi connectivity index (χ1) is 11.1. The lowest BCUT2D eigenvalue weighted by atomic mass is 10.0. The van der Waals surface area contributed by atoms with Gasteiger partial charge in [0.05, 0.1) is 36.6 Å². The van der Waals surface area contributed by atoms with Gasteiger partial charge >= 0.3 is 0 Å². The molecule has 6 heteroatoms. The van der Waals surface area contributed by atoms with Crippen LogP contribution in [0.3, 0.4) is 0 Å². The summed E-state index contributed by atoms with van der Waals surface area (Å²) < 4.78 is 7.56. The summed E-state index contributed by atoms with van der Waals surface area (Å²) in [6.45, 7) is 10.2. The zero-order valence-corrected chi connectivity index (χ0v) is 14.5. The first-order valence-electron chi connectivity index (χ1n) is 8.78. The number of likely N-dealkylation sites (tertiary alicyclic amines) is 1. The van der Waals surface area contributed by atoms with E-state index < -0.39 is 0 Å². The molecule has 0 unspecified atom stereocenters. The monoisotopic (exact) mass is 320 g/mol. The Morgan fingerprint density at radius 3 is 2.65 bits per heavy atom. The molecular formula is C17H28N4O2. The molecule has 3 heterocycles. The third-order valence-electron chi connectivity index (χ3n) is 5.13. The van der Waals surface area contributed by atoms with Crippen molar-refractivity contribution < 1.29 is 9.53 Å². The molecular weight excluding hydrogens is 292 g/mol. The average Bonchev–Trinajstić information content (AvgIpc) is 3.12. The number of hydrogen-bond acceptors (Lipinski definition) is 4. The van der Waals surface area contributed by atoms with Crippen molar-refractivity contribution in [2.24, 2.45) is 0 Å². The minimum atomic E-state index is -0.0165.